The third-order valence-electron chi connectivity index (χ3n) is 9.06. The van der Waals surface area contributed by atoms with E-state index in [1.807, 2.05) is 37.8 Å². The molecular weight excluding hydrogens is 472 g/mol. The number of carbonyl (C=O) groups excluding carboxylic acids is 1. The van der Waals surface area contributed by atoms with Gasteiger partial charge in [-0.25, -0.2) is 4.98 Å². The SMILES string of the molecule is CCC(CC)N1CCC2(CCN(C(=O)c3ccc(CN(CC4=NC=CC4)Cc4nccn4C)cc3)C2)CC1. The Bertz CT molecular complexity index is 1140. The molecular formula is C31H44N6O. The van der Waals surface area contributed by atoms with Crippen molar-refractivity contribution in [2.24, 2.45) is 17.5 Å². The van der Waals surface area contributed by atoms with Gasteiger partial charge in [0.05, 0.1) is 6.54 Å². The van der Waals surface area contributed by atoms with Crippen LogP contribution in [0.25, 0.3) is 0 Å². The molecule has 204 valence electrons. The summed E-state index contributed by atoms with van der Waals surface area (Å²) in [5, 5.41) is 0. The van der Waals surface area contributed by atoms with Crippen LogP contribution in [0.5, 0.6) is 0 Å². The van der Waals surface area contributed by atoms with Gasteiger partial charge in [0.1, 0.15) is 5.82 Å². The highest BCUT2D eigenvalue weighted by atomic mass is 16.2. The van der Waals surface area contributed by atoms with Crippen molar-refractivity contribution in [3.05, 3.63) is 65.9 Å². The molecule has 3 aliphatic rings. The Kier molecular flexibility index (Phi) is 8.44. The predicted molar refractivity (Wildman–Crippen MR) is 153 cm³/mol. The second-order valence-electron chi connectivity index (χ2n) is 11.6. The van der Waals surface area contributed by atoms with Crippen LogP contribution in [0.2, 0.25) is 0 Å². The third kappa shape index (κ3) is 6.10. The molecule has 1 aromatic heterocycles. The van der Waals surface area contributed by atoms with Gasteiger partial charge in [0, 0.05) is 75.6 Å². The lowest BCUT2D eigenvalue weighted by atomic mass is 9.77. The number of aromatic nitrogens is 2. The van der Waals surface area contributed by atoms with Gasteiger partial charge in [-0.2, -0.15) is 0 Å². The minimum absolute atomic E-state index is 0.187. The highest BCUT2D eigenvalue weighted by Crippen LogP contribution is 2.41. The molecule has 1 aromatic carbocycles. The Labute approximate surface area is 228 Å². The number of piperidine rings is 1. The van der Waals surface area contributed by atoms with E-state index in [-0.39, 0.29) is 5.91 Å². The number of hydrogen-bond acceptors (Lipinski definition) is 5. The number of amides is 1. The monoisotopic (exact) mass is 516 g/mol. The van der Waals surface area contributed by atoms with Crippen LogP contribution in [0.15, 0.2) is 53.9 Å². The molecule has 1 amide bonds. The fraction of sp³-hybridized carbons (Fsp3) is 0.581. The lowest BCUT2D eigenvalue weighted by Crippen LogP contribution is -2.46. The fourth-order valence-corrected chi connectivity index (χ4v) is 6.56. The van der Waals surface area contributed by atoms with Crippen LogP contribution < -0.4 is 0 Å². The molecule has 0 bridgehead atoms. The maximum atomic E-state index is 13.4. The van der Waals surface area contributed by atoms with Crippen molar-refractivity contribution in [1.82, 2.24) is 24.3 Å². The fourth-order valence-electron chi connectivity index (χ4n) is 6.56. The molecule has 2 fully saturated rings. The summed E-state index contributed by atoms with van der Waals surface area (Å²) in [6, 6.07) is 8.99. The molecule has 7 heteroatoms. The molecule has 1 spiro atoms. The topological polar surface area (TPSA) is 57.0 Å². The highest BCUT2D eigenvalue weighted by Gasteiger charge is 2.42. The van der Waals surface area contributed by atoms with E-state index in [4.69, 9.17) is 0 Å². The molecule has 0 radical (unpaired) electrons. The largest absolute Gasteiger partial charge is 0.338 e. The number of benzene rings is 1. The van der Waals surface area contributed by atoms with E-state index < -0.39 is 0 Å². The van der Waals surface area contributed by atoms with Crippen LogP contribution >= 0.6 is 0 Å². The zero-order chi connectivity index (χ0) is 26.5. The Morgan fingerprint density at radius 2 is 1.76 bits per heavy atom. The molecule has 0 aliphatic carbocycles. The van der Waals surface area contributed by atoms with Crippen molar-refractivity contribution in [3.8, 4) is 0 Å². The standard InChI is InChI=1S/C31H44N6O/c1-4-28(5-2)36-17-12-31(13-18-36)14-19-37(24-31)30(38)26-10-8-25(9-11-26)21-35(22-27-7-6-15-32-27)23-29-33-16-20-34(29)3/h6,8-11,15-16,20,28H,4-5,7,12-14,17-19,21-24H2,1-3H3. The first-order chi connectivity index (χ1) is 18.5. The van der Waals surface area contributed by atoms with Crippen LogP contribution in [0, 0.1) is 5.41 Å². The number of aliphatic imine (C=N–C) groups is 1. The van der Waals surface area contributed by atoms with E-state index >= 15 is 0 Å². The Morgan fingerprint density at radius 3 is 2.39 bits per heavy atom. The lowest BCUT2D eigenvalue weighted by molar-refractivity contribution is 0.0629. The van der Waals surface area contributed by atoms with Crippen molar-refractivity contribution in [2.45, 2.75) is 71.5 Å². The minimum Gasteiger partial charge on any atom is -0.338 e. The zero-order valence-corrected chi connectivity index (χ0v) is 23.5. The minimum atomic E-state index is 0.187. The molecule has 0 atom stereocenters. The molecule has 2 saturated heterocycles. The molecule has 2 aromatic rings. The van der Waals surface area contributed by atoms with E-state index in [2.05, 4.69) is 61.3 Å². The first kappa shape index (κ1) is 26.8. The molecule has 38 heavy (non-hydrogen) atoms. The number of carbonyl (C=O) groups is 1. The average Bonchev–Trinajstić information content (AvgIpc) is 3.69. The molecule has 7 nitrogen and oxygen atoms in total. The van der Waals surface area contributed by atoms with E-state index in [1.165, 1.54) is 50.0 Å². The second-order valence-corrected chi connectivity index (χ2v) is 11.6. The van der Waals surface area contributed by atoms with Crippen molar-refractivity contribution >= 4 is 11.6 Å². The lowest BCUT2D eigenvalue weighted by Gasteiger charge is -2.42. The summed E-state index contributed by atoms with van der Waals surface area (Å²) in [4.78, 5) is 29.6. The summed E-state index contributed by atoms with van der Waals surface area (Å²) >= 11 is 0. The van der Waals surface area contributed by atoms with Crippen LogP contribution in [0.1, 0.15) is 74.1 Å². The van der Waals surface area contributed by atoms with Gasteiger partial charge in [0.25, 0.3) is 5.91 Å². The summed E-state index contributed by atoms with van der Waals surface area (Å²) in [5.74, 6) is 1.23. The summed E-state index contributed by atoms with van der Waals surface area (Å²) in [6.07, 6.45) is 14.8. The number of aryl methyl sites for hydroxylation is 1. The first-order valence-corrected chi connectivity index (χ1v) is 14.5. The van der Waals surface area contributed by atoms with Crippen LogP contribution in [-0.4, -0.2) is 74.6 Å². The molecule has 5 rings (SSSR count). The van der Waals surface area contributed by atoms with Crippen LogP contribution in [0.4, 0.5) is 0 Å². The van der Waals surface area contributed by atoms with Gasteiger partial charge in [-0.15, -0.1) is 0 Å². The number of likely N-dealkylation sites (tertiary alicyclic amines) is 2. The third-order valence-corrected chi connectivity index (χ3v) is 9.06. The second kappa shape index (κ2) is 12.0. The Morgan fingerprint density at radius 1 is 1.03 bits per heavy atom. The molecule has 4 heterocycles. The molecule has 0 N–H and O–H groups in total. The molecule has 0 unspecified atom stereocenters. The summed E-state index contributed by atoms with van der Waals surface area (Å²) in [5.41, 5.74) is 3.51. The van der Waals surface area contributed by atoms with Crippen LogP contribution in [-0.2, 0) is 20.1 Å². The van der Waals surface area contributed by atoms with Gasteiger partial charge in [-0.1, -0.05) is 32.1 Å². The van der Waals surface area contributed by atoms with Gasteiger partial charge in [0.2, 0.25) is 0 Å². The zero-order valence-electron chi connectivity index (χ0n) is 23.5. The number of nitrogens with zero attached hydrogens (tertiary/aromatic N) is 6. The Hall–Kier alpha value is -2.77. The molecule has 0 saturated carbocycles. The highest BCUT2D eigenvalue weighted by molar-refractivity contribution is 5.94. The van der Waals surface area contributed by atoms with Crippen molar-refractivity contribution in [2.75, 3.05) is 32.7 Å². The maximum absolute atomic E-state index is 13.4. The summed E-state index contributed by atoms with van der Waals surface area (Å²) < 4.78 is 2.07. The van der Waals surface area contributed by atoms with E-state index in [0.29, 0.717) is 11.5 Å². The van der Waals surface area contributed by atoms with Gasteiger partial charge in [-0.3, -0.25) is 14.7 Å². The van der Waals surface area contributed by atoms with Crippen molar-refractivity contribution < 1.29 is 4.79 Å². The van der Waals surface area contributed by atoms with Crippen molar-refractivity contribution in [1.29, 1.82) is 0 Å². The summed E-state index contributed by atoms with van der Waals surface area (Å²) in [6.45, 7) is 11.1. The smallest absolute Gasteiger partial charge is 0.253 e. The maximum Gasteiger partial charge on any atom is 0.253 e. The van der Waals surface area contributed by atoms with Crippen LogP contribution in [0.3, 0.4) is 0 Å². The quantitative estimate of drug-likeness (QED) is 0.451. The Balaban J connectivity index is 1.18. The number of rotatable bonds is 10. The van der Waals surface area contributed by atoms with Gasteiger partial charge in [0.15, 0.2) is 0 Å². The first-order valence-electron chi connectivity index (χ1n) is 14.5. The predicted octanol–water partition coefficient (Wildman–Crippen LogP) is 4.90. The van der Waals surface area contributed by atoms with Gasteiger partial charge < -0.3 is 14.4 Å². The number of hydrogen-bond donors (Lipinski definition) is 0. The summed E-state index contributed by atoms with van der Waals surface area (Å²) in [7, 11) is 2.04. The molecule has 3 aliphatic heterocycles. The van der Waals surface area contributed by atoms with Crippen molar-refractivity contribution in [3.63, 3.8) is 0 Å². The average molecular weight is 517 g/mol. The number of imidazole rings is 1. The van der Waals surface area contributed by atoms with Gasteiger partial charge >= 0.3 is 0 Å². The van der Waals surface area contributed by atoms with E-state index in [0.717, 1.165) is 57.0 Å². The van der Waals surface area contributed by atoms with Gasteiger partial charge in [-0.05, 0) is 68.3 Å². The number of allylic oxidation sites excluding steroid dienone is 1. The van der Waals surface area contributed by atoms with E-state index in [9.17, 15) is 4.79 Å². The van der Waals surface area contributed by atoms with E-state index in [1.54, 1.807) is 0 Å². The normalized spacial score (nSPS) is 19.3.